The van der Waals surface area contributed by atoms with E-state index in [0.29, 0.717) is 5.69 Å². The summed E-state index contributed by atoms with van der Waals surface area (Å²) in [5.41, 5.74) is 0.437. The summed E-state index contributed by atoms with van der Waals surface area (Å²) in [7, 11) is 0. The molecule has 1 N–H and O–H groups in total. The van der Waals surface area contributed by atoms with Gasteiger partial charge in [-0.05, 0) is 34.5 Å². The fourth-order valence-electron chi connectivity index (χ4n) is 0.679. The third kappa shape index (κ3) is 3.92. The van der Waals surface area contributed by atoms with E-state index >= 15 is 0 Å². The molecule has 0 saturated carbocycles. The van der Waals surface area contributed by atoms with Gasteiger partial charge in [-0.25, -0.2) is 0 Å². The van der Waals surface area contributed by atoms with Gasteiger partial charge in [0.25, 0.3) is 5.24 Å². The highest BCUT2D eigenvalue weighted by Gasteiger charge is 1.97. The van der Waals surface area contributed by atoms with Crippen LogP contribution in [0, 0.1) is 0 Å². The molecule has 0 fully saturated rings. The highest BCUT2D eigenvalue weighted by atomic mass is 35.5. The molecule has 2 rings (SSSR count). The largest absolute Gasteiger partial charge is 0.358 e. The Morgan fingerprint density at radius 1 is 1.31 bits per heavy atom. The Labute approximate surface area is 85.2 Å². The summed E-state index contributed by atoms with van der Waals surface area (Å²) in [5.74, 6) is 0. The summed E-state index contributed by atoms with van der Waals surface area (Å²) in [5, 5.41) is 3.63. The predicted octanol–water partition coefficient (Wildman–Crippen LogP) is 3.14. The van der Waals surface area contributed by atoms with Crippen LogP contribution in [0.15, 0.2) is 41.2 Å². The second-order valence-electron chi connectivity index (χ2n) is 2.15. The van der Waals surface area contributed by atoms with Crippen molar-refractivity contribution >= 4 is 28.2 Å². The first-order valence-corrected chi connectivity index (χ1v) is 4.93. The number of halogens is 1. The van der Waals surface area contributed by atoms with Crippen molar-refractivity contribution in [2.24, 2.45) is 0 Å². The molecule has 4 heteroatoms. The Hall–Kier alpha value is -1.06. The first kappa shape index (κ1) is 10.0. The quantitative estimate of drug-likeness (QED) is 0.726. The molecular formula is C9H8ClNOS. The molecule has 0 bridgehead atoms. The van der Waals surface area contributed by atoms with Gasteiger partial charge >= 0.3 is 0 Å². The average Bonchev–Trinajstić information content (AvgIpc) is 2.82. The molecule has 0 aliphatic rings. The number of rotatable bonds is 1. The molecule has 0 unspecified atom stereocenters. The zero-order valence-corrected chi connectivity index (χ0v) is 8.31. The molecular weight excluding hydrogens is 206 g/mol. The van der Waals surface area contributed by atoms with Crippen molar-refractivity contribution in [3.05, 3.63) is 46.9 Å². The van der Waals surface area contributed by atoms with Crippen molar-refractivity contribution in [2.45, 2.75) is 0 Å². The Kier molecular flexibility index (Phi) is 4.29. The highest BCUT2D eigenvalue weighted by Crippen LogP contribution is 1.97. The normalized spacial score (nSPS) is 8.69. The maximum absolute atomic E-state index is 10.2. The molecule has 2 aromatic heterocycles. The lowest BCUT2D eigenvalue weighted by Crippen LogP contribution is -1.85. The van der Waals surface area contributed by atoms with Crippen molar-refractivity contribution < 1.29 is 4.79 Å². The maximum atomic E-state index is 10.2. The Morgan fingerprint density at radius 2 is 2.00 bits per heavy atom. The molecule has 0 spiro atoms. The molecule has 0 aromatic carbocycles. The van der Waals surface area contributed by atoms with Gasteiger partial charge in [0.1, 0.15) is 0 Å². The smallest absolute Gasteiger partial charge is 0.268 e. The predicted molar refractivity (Wildman–Crippen MR) is 55.3 cm³/mol. The number of H-pyrrole nitrogens is 1. The van der Waals surface area contributed by atoms with Crippen molar-refractivity contribution in [1.29, 1.82) is 0 Å². The molecule has 2 aromatic rings. The zero-order valence-electron chi connectivity index (χ0n) is 6.74. The van der Waals surface area contributed by atoms with Crippen LogP contribution in [0.5, 0.6) is 0 Å². The molecule has 0 atom stereocenters. The fourth-order valence-corrected chi connectivity index (χ4v) is 1.25. The molecule has 0 aliphatic heterocycles. The summed E-state index contributed by atoms with van der Waals surface area (Å²) in [6, 6.07) is 7.38. The third-order valence-electron chi connectivity index (χ3n) is 1.24. The van der Waals surface area contributed by atoms with Crippen LogP contribution in [0.4, 0.5) is 0 Å². The molecule has 0 amide bonds. The zero-order chi connectivity index (χ0) is 9.52. The lowest BCUT2D eigenvalue weighted by molar-refractivity contribution is 0.107. The number of hydrogen-bond acceptors (Lipinski definition) is 2. The third-order valence-corrected chi connectivity index (χ3v) is 2.07. The molecule has 0 saturated heterocycles. The Bertz CT molecular complexity index is 311. The molecule has 2 heterocycles. The lowest BCUT2D eigenvalue weighted by atomic mass is 10.5. The number of thiophene rings is 1. The van der Waals surface area contributed by atoms with Crippen LogP contribution in [-0.2, 0) is 0 Å². The van der Waals surface area contributed by atoms with Crippen LogP contribution < -0.4 is 0 Å². The van der Waals surface area contributed by atoms with E-state index in [1.165, 1.54) is 0 Å². The van der Waals surface area contributed by atoms with Crippen LogP contribution in [0.3, 0.4) is 0 Å². The van der Waals surface area contributed by atoms with Crippen molar-refractivity contribution in [3.8, 4) is 0 Å². The first-order chi connectivity index (χ1) is 6.30. The number of hydrogen-bond donors (Lipinski definition) is 1. The summed E-state index contributed by atoms with van der Waals surface area (Å²) >= 11 is 6.79. The van der Waals surface area contributed by atoms with Gasteiger partial charge in [0.15, 0.2) is 0 Å². The molecule has 13 heavy (non-hydrogen) atoms. The highest BCUT2D eigenvalue weighted by molar-refractivity contribution is 7.07. The van der Waals surface area contributed by atoms with Gasteiger partial charge in [0.2, 0.25) is 0 Å². The van der Waals surface area contributed by atoms with Crippen molar-refractivity contribution in [1.82, 2.24) is 4.98 Å². The minimum atomic E-state index is -0.449. The monoisotopic (exact) mass is 213 g/mol. The van der Waals surface area contributed by atoms with E-state index < -0.39 is 5.24 Å². The van der Waals surface area contributed by atoms with Gasteiger partial charge in [-0.1, -0.05) is 12.1 Å². The van der Waals surface area contributed by atoms with Crippen LogP contribution in [0.2, 0.25) is 0 Å². The number of carbonyl (C=O) groups is 1. The fraction of sp³-hybridized carbons (Fsp3) is 0. The molecule has 2 nitrogen and oxygen atoms in total. The minimum absolute atomic E-state index is 0.437. The minimum Gasteiger partial charge on any atom is -0.358 e. The van der Waals surface area contributed by atoms with E-state index in [4.69, 9.17) is 11.6 Å². The van der Waals surface area contributed by atoms with Crippen molar-refractivity contribution in [2.75, 3.05) is 0 Å². The van der Waals surface area contributed by atoms with Gasteiger partial charge in [-0.3, -0.25) is 4.79 Å². The number of nitrogens with one attached hydrogen (secondary N) is 1. The Balaban J connectivity index is 0.000000145. The standard InChI is InChI=1S/C5H4ClNO.C4H4S/c6-5(8)4-2-1-3-7-4;1-2-4-5-3-1/h1-3,7H;1-4H. The summed E-state index contributed by atoms with van der Waals surface area (Å²) < 4.78 is 0. The van der Waals surface area contributed by atoms with Gasteiger partial charge in [0, 0.05) is 6.20 Å². The van der Waals surface area contributed by atoms with E-state index in [0.717, 1.165) is 0 Å². The molecule has 0 radical (unpaired) electrons. The Morgan fingerprint density at radius 3 is 2.23 bits per heavy atom. The van der Waals surface area contributed by atoms with Crippen molar-refractivity contribution in [3.63, 3.8) is 0 Å². The number of aromatic amines is 1. The van der Waals surface area contributed by atoms with Gasteiger partial charge in [0.05, 0.1) is 5.69 Å². The topological polar surface area (TPSA) is 32.9 Å². The summed E-state index contributed by atoms with van der Waals surface area (Å²) in [6.07, 6.45) is 1.65. The first-order valence-electron chi connectivity index (χ1n) is 3.61. The van der Waals surface area contributed by atoms with Gasteiger partial charge < -0.3 is 4.98 Å². The van der Waals surface area contributed by atoms with Crippen LogP contribution in [-0.4, -0.2) is 10.2 Å². The summed E-state index contributed by atoms with van der Waals surface area (Å²) in [4.78, 5) is 12.9. The van der Waals surface area contributed by atoms with E-state index in [9.17, 15) is 4.79 Å². The second kappa shape index (κ2) is 5.56. The lowest BCUT2D eigenvalue weighted by Gasteiger charge is -1.79. The molecule has 0 aliphatic carbocycles. The molecule has 68 valence electrons. The van der Waals surface area contributed by atoms with Crippen LogP contribution in [0.25, 0.3) is 0 Å². The average molecular weight is 214 g/mol. The maximum Gasteiger partial charge on any atom is 0.268 e. The summed E-state index contributed by atoms with van der Waals surface area (Å²) in [6.45, 7) is 0. The number of carbonyl (C=O) groups excluding carboxylic acids is 1. The van der Waals surface area contributed by atoms with E-state index in [1.807, 2.05) is 22.9 Å². The van der Waals surface area contributed by atoms with E-state index in [2.05, 4.69) is 4.98 Å². The van der Waals surface area contributed by atoms with E-state index in [1.54, 1.807) is 29.7 Å². The van der Waals surface area contributed by atoms with Crippen LogP contribution >= 0.6 is 22.9 Å². The SMILES string of the molecule is O=C(Cl)c1ccc[nH]1.c1ccsc1. The van der Waals surface area contributed by atoms with Gasteiger partial charge in [-0.2, -0.15) is 11.3 Å². The van der Waals surface area contributed by atoms with E-state index in [-0.39, 0.29) is 0 Å². The number of aromatic nitrogens is 1. The van der Waals surface area contributed by atoms with Gasteiger partial charge in [-0.15, -0.1) is 0 Å². The second-order valence-corrected chi connectivity index (χ2v) is 3.31. The van der Waals surface area contributed by atoms with Crippen LogP contribution in [0.1, 0.15) is 10.5 Å².